The van der Waals surface area contributed by atoms with Crippen molar-refractivity contribution in [2.45, 2.75) is 64.1 Å². The molecule has 4 aliphatic rings. The van der Waals surface area contributed by atoms with E-state index in [4.69, 9.17) is 4.52 Å². The molecule has 5 atom stereocenters. The molecule has 1 aromatic heterocycles. The Morgan fingerprint density at radius 3 is 2.41 bits per heavy atom. The Bertz CT molecular complexity index is 695. The molecule has 3 aliphatic heterocycles. The van der Waals surface area contributed by atoms with Crippen LogP contribution in [0.5, 0.6) is 0 Å². The highest BCUT2D eigenvalue weighted by molar-refractivity contribution is 5.82. The first-order valence-electron chi connectivity index (χ1n) is 10.6. The van der Waals surface area contributed by atoms with Gasteiger partial charge in [-0.05, 0) is 57.8 Å². The van der Waals surface area contributed by atoms with Crippen molar-refractivity contribution < 1.29 is 9.32 Å². The van der Waals surface area contributed by atoms with Crippen molar-refractivity contribution in [3.63, 3.8) is 0 Å². The number of carbonyl (C=O) groups is 1. The fourth-order valence-corrected chi connectivity index (χ4v) is 5.99. The summed E-state index contributed by atoms with van der Waals surface area (Å²) in [6, 6.07) is 2.40. The van der Waals surface area contributed by atoms with Gasteiger partial charge in [-0.3, -0.25) is 9.69 Å². The molecule has 0 radical (unpaired) electrons. The van der Waals surface area contributed by atoms with Crippen LogP contribution in [0.4, 0.5) is 6.01 Å². The van der Waals surface area contributed by atoms with E-state index in [0.717, 1.165) is 31.5 Å². The second-order valence-electron chi connectivity index (χ2n) is 9.06. The summed E-state index contributed by atoms with van der Waals surface area (Å²) < 4.78 is 5.51. The number of aryl methyl sites for hydroxylation is 1. The van der Waals surface area contributed by atoms with Crippen LogP contribution in [0, 0.1) is 24.7 Å². The summed E-state index contributed by atoms with van der Waals surface area (Å²) in [6.45, 7) is 6.99. The highest BCUT2D eigenvalue weighted by Crippen LogP contribution is 2.54. The van der Waals surface area contributed by atoms with Crippen LogP contribution < -0.4 is 4.90 Å². The van der Waals surface area contributed by atoms with E-state index < -0.39 is 0 Å². The lowest BCUT2D eigenvalue weighted by Gasteiger charge is -2.50. The van der Waals surface area contributed by atoms with Gasteiger partial charge in [0.05, 0.1) is 0 Å². The third-order valence-corrected chi connectivity index (χ3v) is 7.56. The van der Waals surface area contributed by atoms with E-state index in [0.29, 0.717) is 41.8 Å². The molecule has 1 amide bonds. The number of rotatable bonds is 4. The Labute approximate surface area is 161 Å². The first-order chi connectivity index (χ1) is 13.1. The van der Waals surface area contributed by atoms with Crippen molar-refractivity contribution in [3.05, 3.63) is 5.82 Å². The summed E-state index contributed by atoms with van der Waals surface area (Å²) in [7, 11) is 1.93. The van der Waals surface area contributed by atoms with Gasteiger partial charge in [-0.15, -0.1) is 0 Å². The fourth-order valence-electron chi connectivity index (χ4n) is 5.99. The van der Waals surface area contributed by atoms with Gasteiger partial charge >= 0.3 is 6.01 Å². The Morgan fingerprint density at radius 1 is 1.19 bits per heavy atom. The molecule has 0 spiro atoms. The highest BCUT2D eigenvalue weighted by atomic mass is 16.5. The maximum atomic E-state index is 12.5. The lowest BCUT2D eigenvalue weighted by molar-refractivity contribution is -0.132. The largest absolute Gasteiger partial charge is 0.346 e. The minimum absolute atomic E-state index is 0.298. The van der Waals surface area contributed by atoms with Crippen molar-refractivity contribution >= 4 is 11.9 Å². The minimum Gasteiger partial charge on any atom is -0.346 e. The Balaban J connectivity index is 1.23. The van der Waals surface area contributed by atoms with E-state index in [1.807, 2.05) is 18.9 Å². The van der Waals surface area contributed by atoms with E-state index in [1.165, 1.54) is 32.1 Å². The van der Waals surface area contributed by atoms with Crippen LogP contribution in [0.2, 0.25) is 0 Å². The second kappa shape index (κ2) is 6.47. The lowest BCUT2D eigenvalue weighted by atomic mass is 9.81. The van der Waals surface area contributed by atoms with E-state index in [1.54, 1.807) is 0 Å². The van der Waals surface area contributed by atoms with Gasteiger partial charge in [0.15, 0.2) is 5.82 Å². The number of carbonyl (C=O) groups excluding carboxylic acids is 1. The van der Waals surface area contributed by atoms with Crippen molar-refractivity contribution in [3.8, 4) is 0 Å². The predicted octanol–water partition coefficient (Wildman–Crippen LogP) is 1.92. The smallest absolute Gasteiger partial charge is 0.324 e. The van der Waals surface area contributed by atoms with Crippen molar-refractivity contribution in [2.24, 2.45) is 17.8 Å². The molecule has 27 heavy (non-hydrogen) atoms. The van der Waals surface area contributed by atoms with Gasteiger partial charge in [0.25, 0.3) is 0 Å². The number of aromatic nitrogens is 2. The van der Waals surface area contributed by atoms with Gasteiger partial charge in [-0.1, -0.05) is 5.16 Å². The molecule has 0 N–H and O–H groups in total. The molecule has 7 nitrogen and oxygen atoms in total. The summed E-state index contributed by atoms with van der Waals surface area (Å²) in [4.78, 5) is 24.0. The summed E-state index contributed by atoms with van der Waals surface area (Å²) in [5.74, 6) is 2.58. The summed E-state index contributed by atoms with van der Waals surface area (Å²) in [5, 5.41) is 4.00. The summed E-state index contributed by atoms with van der Waals surface area (Å²) in [6.07, 6.45) is 6.11. The molecule has 2 unspecified atom stereocenters. The quantitative estimate of drug-likeness (QED) is 0.803. The number of amides is 1. The number of piperidine rings is 3. The zero-order valence-corrected chi connectivity index (χ0v) is 16.7. The Morgan fingerprint density at radius 2 is 1.85 bits per heavy atom. The van der Waals surface area contributed by atoms with E-state index in [-0.39, 0.29) is 0 Å². The molecule has 2 bridgehead atoms. The Hall–Kier alpha value is -1.63. The molecule has 1 aromatic rings. The van der Waals surface area contributed by atoms with Crippen LogP contribution in [0.15, 0.2) is 4.52 Å². The number of nitrogens with zero attached hydrogens (tertiary/aromatic N) is 5. The van der Waals surface area contributed by atoms with Crippen molar-refractivity contribution in [2.75, 3.05) is 31.6 Å². The van der Waals surface area contributed by atoms with Gasteiger partial charge in [0, 0.05) is 50.7 Å². The van der Waals surface area contributed by atoms with Crippen LogP contribution in [0.25, 0.3) is 0 Å². The average molecular weight is 374 g/mol. The van der Waals surface area contributed by atoms with Gasteiger partial charge in [-0.25, -0.2) is 0 Å². The van der Waals surface area contributed by atoms with Gasteiger partial charge < -0.3 is 14.3 Å². The molecule has 3 saturated heterocycles. The lowest BCUT2D eigenvalue weighted by Crippen LogP contribution is -2.57. The van der Waals surface area contributed by atoms with Crippen LogP contribution in [0.1, 0.15) is 44.9 Å². The normalized spacial score (nSPS) is 38.0. The topological polar surface area (TPSA) is 65.7 Å². The molecule has 1 saturated carbocycles. The zero-order chi connectivity index (χ0) is 18.7. The molecule has 148 valence electrons. The monoisotopic (exact) mass is 373 g/mol. The SMILES string of the molecule is CCN(C)C(=O)[C@H]1[C@@H]2CN(C3CC4CCCC(C3)N4c3nc(C)no3)C[C@@H]21. The number of likely N-dealkylation sites (tertiary alicyclic amines) is 1. The van der Waals surface area contributed by atoms with E-state index >= 15 is 0 Å². The molecule has 0 aromatic carbocycles. The van der Waals surface area contributed by atoms with Gasteiger partial charge in [0.1, 0.15) is 0 Å². The number of fused-ring (bicyclic) bond motifs is 3. The number of hydrogen-bond donors (Lipinski definition) is 0. The molecule has 7 heteroatoms. The first kappa shape index (κ1) is 17.5. The molecular weight excluding hydrogens is 342 g/mol. The maximum Gasteiger partial charge on any atom is 0.324 e. The minimum atomic E-state index is 0.298. The molecule has 4 heterocycles. The average Bonchev–Trinajstić information content (AvgIpc) is 2.98. The Kier molecular flexibility index (Phi) is 4.18. The van der Waals surface area contributed by atoms with Gasteiger partial charge in [0.2, 0.25) is 5.91 Å². The third-order valence-electron chi connectivity index (χ3n) is 7.56. The van der Waals surface area contributed by atoms with Crippen molar-refractivity contribution in [1.29, 1.82) is 0 Å². The standard InChI is InChI=1S/C20H31N5O2/c1-4-23(3)19(26)18-16-10-24(11-17(16)18)15-8-13-6-5-7-14(9-15)25(13)20-21-12(2)22-27-20/h13-18H,4-11H2,1-3H3/t13?,14?,15?,16-,17+,18+. The predicted molar refractivity (Wildman–Crippen MR) is 101 cm³/mol. The number of hydrogen-bond acceptors (Lipinski definition) is 6. The number of anilines is 1. The molecular formula is C20H31N5O2. The first-order valence-corrected chi connectivity index (χ1v) is 10.6. The molecule has 5 rings (SSSR count). The van der Waals surface area contributed by atoms with E-state index in [2.05, 4.69) is 26.9 Å². The van der Waals surface area contributed by atoms with Crippen LogP contribution in [-0.4, -0.2) is 70.7 Å². The third kappa shape index (κ3) is 2.85. The summed E-state index contributed by atoms with van der Waals surface area (Å²) >= 11 is 0. The second-order valence-corrected chi connectivity index (χ2v) is 9.06. The summed E-state index contributed by atoms with van der Waals surface area (Å²) in [5.41, 5.74) is 0. The van der Waals surface area contributed by atoms with Crippen molar-refractivity contribution in [1.82, 2.24) is 19.9 Å². The van der Waals surface area contributed by atoms with Crippen LogP contribution >= 0.6 is 0 Å². The highest BCUT2D eigenvalue weighted by Gasteiger charge is 2.61. The zero-order valence-electron chi connectivity index (χ0n) is 16.7. The maximum absolute atomic E-state index is 12.5. The van der Waals surface area contributed by atoms with Crippen LogP contribution in [0.3, 0.4) is 0 Å². The molecule has 1 aliphatic carbocycles. The van der Waals surface area contributed by atoms with E-state index in [9.17, 15) is 4.79 Å². The van der Waals surface area contributed by atoms with Gasteiger partial charge in [-0.2, -0.15) is 4.98 Å². The fraction of sp³-hybridized carbons (Fsp3) is 0.850. The molecule has 4 fully saturated rings. The van der Waals surface area contributed by atoms with Crippen LogP contribution in [-0.2, 0) is 4.79 Å².